The van der Waals surface area contributed by atoms with E-state index in [0.717, 1.165) is 17.7 Å². The Morgan fingerprint density at radius 3 is 2.75 bits per heavy atom. The number of amides is 4. The van der Waals surface area contributed by atoms with Gasteiger partial charge in [0, 0.05) is 6.42 Å². The molecule has 2 heterocycles. The molecular formula is C17H20N2O5. The Bertz CT molecular complexity index is 651. The summed E-state index contributed by atoms with van der Waals surface area (Å²) in [5, 5.41) is 2.19. The third-order valence-corrected chi connectivity index (χ3v) is 4.56. The van der Waals surface area contributed by atoms with Crippen LogP contribution in [0.1, 0.15) is 32.6 Å². The molecule has 0 bridgehead atoms. The van der Waals surface area contributed by atoms with E-state index in [1.54, 1.807) is 18.2 Å². The maximum Gasteiger partial charge on any atom is 0.249 e. The number of allylic oxidation sites excluding steroid dienone is 2. The Kier molecular flexibility index (Phi) is 4.51. The van der Waals surface area contributed by atoms with E-state index in [-0.39, 0.29) is 18.7 Å². The van der Waals surface area contributed by atoms with Crippen LogP contribution in [0.2, 0.25) is 0 Å². The fourth-order valence-corrected chi connectivity index (χ4v) is 3.29. The van der Waals surface area contributed by atoms with Crippen LogP contribution in [-0.4, -0.2) is 41.2 Å². The van der Waals surface area contributed by atoms with Gasteiger partial charge in [-0.05, 0) is 18.9 Å². The Morgan fingerprint density at radius 2 is 2.04 bits per heavy atom. The summed E-state index contributed by atoms with van der Waals surface area (Å²) in [5.74, 6) is -2.66. The van der Waals surface area contributed by atoms with Crippen LogP contribution in [0.3, 0.4) is 0 Å². The molecule has 2 saturated heterocycles. The monoisotopic (exact) mass is 332 g/mol. The van der Waals surface area contributed by atoms with Gasteiger partial charge in [0.1, 0.15) is 17.7 Å². The molecule has 24 heavy (non-hydrogen) atoms. The lowest BCUT2D eigenvalue weighted by Gasteiger charge is -2.28. The summed E-state index contributed by atoms with van der Waals surface area (Å²) in [6, 6.07) is -0.918. The summed E-state index contributed by atoms with van der Waals surface area (Å²) >= 11 is 0. The number of piperidine rings is 1. The lowest BCUT2D eigenvalue weighted by Crippen LogP contribution is -2.54. The number of imide groups is 2. The summed E-state index contributed by atoms with van der Waals surface area (Å²) in [7, 11) is 0. The fraction of sp³-hybridized carbons (Fsp3) is 0.529. The molecule has 3 rings (SSSR count). The van der Waals surface area contributed by atoms with E-state index in [1.807, 2.05) is 6.92 Å². The molecule has 1 N–H and O–H groups in total. The minimum absolute atomic E-state index is 0.119. The van der Waals surface area contributed by atoms with Crippen molar-refractivity contribution in [3.63, 3.8) is 0 Å². The molecule has 0 saturated carbocycles. The molecule has 0 spiro atoms. The third-order valence-electron chi connectivity index (χ3n) is 4.56. The molecule has 3 aliphatic rings. The molecule has 2 fully saturated rings. The SMILES string of the molecule is CCCCOC1=CC=C[C@@H]2C(=O)N(C3CCC(=O)NC3=O)C(=O)C12. The van der Waals surface area contributed by atoms with Crippen LogP contribution in [0.5, 0.6) is 0 Å². The Morgan fingerprint density at radius 1 is 1.25 bits per heavy atom. The molecule has 3 atom stereocenters. The van der Waals surface area contributed by atoms with Gasteiger partial charge in [-0.1, -0.05) is 25.5 Å². The second kappa shape index (κ2) is 6.59. The van der Waals surface area contributed by atoms with E-state index in [2.05, 4.69) is 5.32 Å². The van der Waals surface area contributed by atoms with Crippen LogP contribution >= 0.6 is 0 Å². The van der Waals surface area contributed by atoms with E-state index >= 15 is 0 Å². The van der Waals surface area contributed by atoms with Crippen molar-refractivity contribution in [2.75, 3.05) is 6.61 Å². The van der Waals surface area contributed by atoms with Crippen LogP contribution in [0.15, 0.2) is 24.0 Å². The van der Waals surface area contributed by atoms with Gasteiger partial charge in [-0.2, -0.15) is 0 Å². The first kappa shape index (κ1) is 16.4. The molecule has 0 aromatic heterocycles. The van der Waals surface area contributed by atoms with Gasteiger partial charge in [-0.25, -0.2) is 0 Å². The summed E-state index contributed by atoms with van der Waals surface area (Å²) < 4.78 is 5.69. The van der Waals surface area contributed by atoms with Crippen molar-refractivity contribution in [3.8, 4) is 0 Å². The van der Waals surface area contributed by atoms with Crippen LogP contribution in [0, 0.1) is 11.8 Å². The number of rotatable bonds is 5. The minimum Gasteiger partial charge on any atom is -0.497 e. The highest BCUT2D eigenvalue weighted by molar-refractivity contribution is 6.12. The Balaban J connectivity index is 1.80. The van der Waals surface area contributed by atoms with Gasteiger partial charge < -0.3 is 4.74 Å². The molecule has 0 aromatic carbocycles. The number of hydrogen-bond acceptors (Lipinski definition) is 5. The van der Waals surface area contributed by atoms with E-state index in [1.165, 1.54) is 0 Å². The standard InChI is InChI=1S/C17H20N2O5/c1-2-3-9-24-12-6-4-5-10-14(12)17(23)19(16(10)22)11-7-8-13(20)18-15(11)21/h4-6,10-11,14H,2-3,7-9H2,1H3,(H,18,20,21)/t10-,11?,14?/m0/s1. The predicted molar refractivity (Wildman–Crippen MR) is 83.1 cm³/mol. The number of likely N-dealkylation sites (tertiary alicyclic amines) is 1. The highest BCUT2D eigenvalue weighted by Gasteiger charge is 2.53. The molecule has 0 radical (unpaired) electrons. The normalized spacial score (nSPS) is 29.5. The van der Waals surface area contributed by atoms with Crippen molar-refractivity contribution in [2.24, 2.45) is 11.8 Å². The summed E-state index contributed by atoms with van der Waals surface area (Å²) in [4.78, 5) is 49.8. The van der Waals surface area contributed by atoms with E-state index < -0.39 is 35.6 Å². The highest BCUT2D eigenvalue weighted by atomic mass is 16.5. The molecule has 1 aliphatic carbocycles. The van der Waals surface area contributed by atoms with Gasteiger partial charge >= 0.3 is 0 Å². The zero-order chi connectivity index (χ0) is 17.3. The molecule has 2 aliphatic heterocycles. The number of hydrogen-bond donors (Lipinski definition) is 1. The van der Waals surface area contributed by atoms with Crippen LogP contribution in [0.25, 0.3) is 0 Å². The molecule has 4 amide bonds. The van der Waals surface area contributed by atoms with Crippen molar-refractivity contribution in [1.29, 1.82) is 0 Å². The average Bonchev–Trinajstić information content (AvgIpc) is 2.81. The zero-order valence-corrected chi connectivity index (χ0v) is 13.5. The second-order valence-electron chi connectivity index (χ2n) is 6.17. The van der Waals surface area contributed by atoms with E-state index in [4.69, 9.17) is 4.74 Å². The number of nitrogens with one attached hydrogen (secondary N) is 1. The van der Waals surface area contributed by atoms with Gasteiger partial charge in [-0.3, -0.25) is 29.4 Å². The third kappa shape index (κ3) is 2.74. The average molecular weight is 332 g/mol. The van der Waals surface area contributed by atoms with Crippen LogP contribution in [0.4, 0.5) is 0 Å². The number of carbonyl (C=O) groups is 4. The summed E-state index contributed by atoms with van der Waals surface area (Å²) in [6.45, 7) is 2.52. The molecule has 128 valence electrons. The van der Waals surface area contributed by atoms with Gasteiger partial charge in [-0.15, -0.1) is 0 Å². The van der Waals surface area contributed by atoms with Crippen molar-refractivity contribution < 1.29 is 23.9 Å². The van der Waals surface area contributed by atoms with E-state index in [0.29, 0.717) is 12.4 Å². The maximum absolute atomic E-state index is 12.8. The van der Waals surface area contributed by atoms with Crippen LogP contribution < -0.4 is 5.32 Å². The zero-order valence-electron chi connectivity index (χ0n) is 13.5. The Labute approximate surface area is 139 Å². The number of unbranched alkanes of at least 4 members (excludes halogenated alkanes) is 1. The first-order chi connectivity index (χ1) is 11.5. The first-order valence-corrected chi connectivity index (χ1v) is 8.26. The first-order valence-electron chi connectivity index (χ1n) is 8.26. The van der Waals surface area contributed by atoms with Gasteiger partial charge in [0.25, 0.3) is 0 Å². The predicted octanol–water partition coefficient (Wildman–Crippen LogP) is 0.663. The highest BCUT2D eigenvalue weighted by Crippen LogP contribution is 2.38. The maximum atomic E-state index is 12.8. The fourth-order valence-electron chi connectivity index (χ4n) is 3.29. The van der Waals surface area contributed by atoms with Gasteiger partial charge in [0.2, 0.25) is 23.6 Å². The molecule has 7 heteroatoms. The van der Waals surface area contributed by atoms with Crippen LogP contribution in [-0.2, 0) is 23.9 Å². The van der Waals surface area contributed by atoms with Crippen molar-refractivity contribution in [1.82, 2.24) is 10.2 Å². The van der Waals surface area contributed by atoms with Crippen molar-refractivity contribution >= 4 is 23.6 Å². The molecular weight excluding hydrogens is 312 g/mol. The molecule has 7 nitrogen and oxygen atoms in total. The number of nitrogens with zero attached hydrogens (tertiary/aromatic N) is 1. The smallest absolute Gasteiger partial charge is 0.249 e. The van der Waals surface area contributed by atoms with Crippen molar-refractivity contribution in [3.05, 3.63) is 24.0 Å². The van der Waals surface area contributed by atoms with E-state index in [9.17, 15) is 19.2 Å². The summed E-state index contributed by atoms with van der Waals surface area (Å²) in [6.07, 6.45) is 7.19. The number of ether oxygens (including phenoxy) is 1. The quantitative estimate of drug-likeness (QED) is 0.590. The summed E-state index contributed by atoms with van der Waals surface area (Å²) in [5.41, 5.74) is 0. The molecule has 2 unspecified atom stereocenters. The number of carbonyl (C=O) groups excluding carboxylic acids is 4. The second-order valence-corrected chi connectivity index (χ2v) is 6.17. The van der Waals surface area contributed by atoms with Crippen molar-refractivity contribution in [2.45, 2.75) is 38.6 Å². The minimum atomic E-state index is -0.918. The lowest BCUT2D eigenvalue weighted by atomic mass is 9.89. The topological polar surface area (TPSA) is 92.8 Å². The van der Waals surface area contributed by atoms with Gasteiger partial charge in [0.05, 0.1) is 12.5 Å². The number of fused-ring (bicyclic) bond motifs is 1. The lowest BCUT2D eigenvalue weighted by molar-refractivity contribution is -0.151. The largest absolute Gasteiger partial charge is 0.497 e. The molecule has 0 aromatic rings. The Hall–Kier alpha value is -2.44. The van der Waals surface area contributed by atoms with Gasteiger partial charge in [0.15, 0.2) is 0 Å².